The summed E-state index contributed by atoms with van der Waals surface area (Å²) in [5.74, 6) is -1.13. The fourth-order valence-electron chi connectivity index (χ4n) is 2.60. The molecule has 1 atom stereocenters. The Kier molecular flexibility index (Phi) is 4.60. The second-order valence-corrected chi connectivity index (χ2v) is 5.62. The maximum Gasteiger partial charge on any atom is 0.337 e. The molecular weight excluding hydrogens is 259 g/mol. The molecule has 1 saturated heterocycles. The van der Waals surface area contributed by atoms with Crippen molar-refractivity contribution in [3.05, 3.63) is 29.6 Å². The van der Waals surface area contributed by atoms with Crippen LogP contribution in [0.2, 0.25) is 0 Å². The standard InChI is InChI=1S/C15H21FN2O2/c1-10(2)18-6-5-11(9-18)8-17-14-4-3-12(16)7-13(14)15(19)20/h3-4,7,10-11,17H,5-6,8-9H2,1-2H3,(H,19,20). The summed E-state index contributed by atoms with van der Waals surface area (Å²) in [5, 5.41) is 12.2. The molecule has 0 spiro atoms. The lowest BCUT2D eigenvalue weighted by atomic mass is 10.1. The van der Waals surface area contributed by atoms with Crippen LogP contribution in [0.15, 0.2) is 18.2 Å². The van der Waals surface area contributed by atoms with Gasteiger partial charge in [0.1, 0.15) is 5.82 Å². The van der Waals surface area contributed by atoms with Crippen molar-refractivity contribution in [3.8, 4) is 0 Å². The molecule has 1 aliphatic rings. The van der Waals surface area contributed by atoms with E-state index >= 15 is 0 Å². The summed E-state index contributed by atoms with van der Waals surface area (Å²) < 4.78 is 13.1. The van der Waals surface area contributed by atoms with Crippen LogP contribution >= 0.6 is 0 Å². The molecule has 1 aromatic rings. The van der Waals surface area contributed by atoms with Gasteiger partial charge in [0.2, 0.25) is 0 Å². The van der Waals surface area contributed by atoms with E-state index in [0.717, 1.165) is 32.1 Å². The topological polar surface area (TPSA) is 52.6 Å². The number of carboxylic acids is 1. The molecular formula is C15H21FN2O2. The Hall–Kier alpha value is -1.62. The van der Waals surface area contributed by atoms with Crippen LogP contribution in [-0.4, -0.2) is 41.7 Å². The van der Waals surface area contributed by atoms with E-state index in [0.29, 0.717) is 17.6 Å². The fourth-order valence-corrected chi connectivity index (χ4v) is 2.60. The molecule has 20 heavy (non-hydrogen) atoms. The van der Waals surface area contributed by atoms with E-state index in [-0.39, 0.29) is 5.56 Å². The van der Waals surface area contributed by atoms with Crippen molar-refractivity contribution in [2.24, 2.45) is 5.92 Å². The average Bonchev–Trinajstić information content (AvgIpc) is 2.86. The summed E-state index contributed by atoms with van der Waals surface area (Å²) in [7, 11) is 0. The highest BCUT2D eigenvalue weighted by Crippen LogP contribution is 2.21. The van der Waals surface area contributed by atoms with Crippen LogP contribution in [-0.2, 0) is 0 Å². The normalized spacial score (nSPS) is 19.5. The Balaban J connectivity index is 1.96. The number of rotatable bonds is 5. The number of carboxylic acid groups (broad SMARTS) is 1. The van der Waals surface area contributed by atoms with Gasteiger partial charge in [-0.25, -0.2) is 9.18 Å². The third-order valence-corrected chi connectivity index (χ3v) is 3.84. The number of nitrogens with one attached hydrogen (secondary N) is 1. The first kappa shape index (κ1) is 14.8. The fraction of sp³-hybridized carbons (Fsp3) is 0.533. The van der Waals surface area contributed by atoms with Gasteiger partial charge in [-0.1, -0.05) is 0 Å². The SMILES string of the molecule is CC(C)N1CCC(CNc2ccc(F)cc2C(=O)O)C1. The molecule has 1 heterocycles. The number of nitrogens with zero attached hydrogens (tertiary/aromatic N) is 1. The maximum atomic E-state index is 13.1. The molecule has 1 aromatic carbocycles. The zero-order valence-electron chi connectivity index (χ0n) is 11.9. The molecule has 1 fully saturated rings. The van der Waals surface area contributed by atoms with E-state index in [9.17, 15) is 9.18 Å². The van der Waals surface area contributed by atoms with E-state index in [4.69, 9.17) is 5.11 Å². The van der Waals surface area contributed by atoms with Gasteiger partial charge in [0.15, 0.2) is 0 Å². The zero-order valence-corrected chi connectivity index (χ0v) is 11.9. The number of aromatic carboxylic acids is 1. The zero-order chi connectivity index (χ0) is 14.7. The monoisotopic (exact) mass is 280 g/mol. The maximum absolute atomic E-state index is 13.1. The Bertz CT molecular complexity index is 491. The molecule has 2 N–H and O–H groups in total. The molecule has 4 nitrogen and oxygen atoms in total. The van der Waals surface area contributed by atoms with Gasteiger partial charge in [-0.3, -0.25) is 0 Å². The first-order valence-electron chi connectivity index (χ1n) is 6.98. The molecule has 0 aliphatic carbocycles. The molecule has 0 aromatic heterocycles. The van der Waals surface area contributed by atoms with Crippen molar-refractivity contribution in [3.63, 3.8) is 0 Å². The second kappa shape index (κ2) is 6.22. The van der Waals surface area contributed by atoms with Gasteiger partial charge in [0, 0.05) is 24.8 Å². The Morgan fingerprint density at radius 2 is 2.30 bits per heavy atom. The molecule has 1 aliphatic heterocycles. The van der Waals surface area contributed by atoms with Crippen LogP contribution in [0, 0.1) is 11.7 Å². The second-order valence-electron chi connectivity index (χ2n) is 5.62. The van der Waals surface area contributed by atoms with E-state index < -0.39 is 11.8 Å². The minimum absolute atomic E-state index is 0.0105. The summed E-state index contributed by atoms with van der Waals surface area (Å²) in [6.07, 6.45) is 1.11. The molecule has 110 valence electrons. The highest BCUT2D eigenvalue weighted by Gasteiger charge is 2.24. The van der Waals surface area contributed by atoms with Crippen LogP contribution in [0.25, 0.3) is 0 Å². The Labute approximate surface area is 118 Å². The van der Waals surface area contributed by atoms with E-state index in [1.165, 1.54) is 12.1 Å². The minimum Gasteiger partial charge on any atom is -0.478 e. The number of anilines is 1. The van der Waals surface area contributed by atoms with Crippen LogP contribution < -0.4 is 5.32 Å². The van der Waals surface area contributed by atoms with Crippen molar-refractivity contribution < 1.29 is 14.3 Å². The summed E-state index contributed by atoms with van der Waals surface area (Å²) >= 11 is 0. The number of halogens is 1. The minimum atomic E-state index is -1.11. The van der Waals surface area contributed by atoms with E-state index in [1.54, 1.807) is 0 Å². The third kappa shape index (κ3) is 3.48. The highest BCUT2D eigenvalue weighted by molar-refractivity contribution is 5.94. The predicted molar refractivity (Wildman–Crippen MR) is 76.7 cm³/mol. The van der Waals surface area contributed by atoms with Crippen LogP contribution in [0.1, 0.15) is 30.6 Å². The van der Waals surface area contributed by atoms with Crippen LogP contribution in [0.4, 0.5) is 10.1 Å². The van der Waals surface area contributed by atoms with Gasteiger partial charge in [-0.15, -0.1) is 0 Å². The lowest BCUT2D eigenvalue weighted by Crippen LogP contribution is -2.29. The van der Waals surface area contributed by atoms with Crippen molar-refractivity contribution in [2.45, 2.75) is 26.3 Å². The van der Waals surface area contributed by atoms with E-state index in [1.807, 2.05) is 0 Å². The first-order chi connectivity index (χ1) is 9.47. The predicted octanol–water partition coefficient (Wildman–Crippen LogP) is 2.67. The largest absolute Gasteiger partial charge is 0.478 e. The van der Waals surface area contributed by atoms with Crippen molar-refractivity contribution in [1.82, 2.24) is 4.90 Å². The Morgan fingerprint density at radius 1 is 1.55 bits per heavy atom. The van der Waals surface area contributed by atoms with Gasteiger partial charge >= 0.3 is 5.97 Å². The lowest BCUT2D eigenvalue weighted by Gasteiger charge is -2.20. The third-order valence-electron chi connectivity index (χ3n) is 3.84. The van der Waals surface area contributed by atoms with Gasteiger partial charge in [-0.2, -0.15) is 0 Å². The van der Waals surface area contributed by atoms with Crippen LogP contribution in [0.3, 0.4) is 0 Å². The van der Waals surface area contributed by atoms with Gasteiger partial charge in [-0.05, 0) is 50.9 Å². The summed E-state index contributed by atoms with van der Waals surface area (Å²) in [6.45, 7) is 7.18. The first-order valence-corrected chi connectivity index (χ1v) is 6.98. The van der Waals surface area contributed by atoms with Crippen LogP contribution in [0.5, 0.6) is 0 Å². The number of carbonyl (C=O) groups is 1. The van der Waals surface area contributed by atoms with Crippen molar-refractivity contribution >= 4 is 11.7 Å². The average molecular weight is 280 g/mol. The lowest BCUT2D eigenvalue weighted by molar-refractivity contribution is 0.0697. The number of likely N-dealkylation sites (tertiary alicyclic amines) is 1. The number of hydrogen-bond acceptors (Lipinski definition) is 3. The Morgan fingerprint density at radius 3 is 2.90 bits per heavy atom. The molecule has 0 amide bonds. The van der Waals surface area contributed by atoms with Gasteiger partial charge in [0.05, 0.1) is 5.56 Å². The van der Waals surface area contributed by atoms with Crippen molar-refractivity contribution in [1.29, 1.82) is 0 Å². The summed E-state index contributed by atoms with van der Waals surface area (Å²) in [5.41, 5.74) is 0.477. The molecule has 5 heteroatoms. The highest BCUT2D eigenvalue weighted by atomic mass is 19.1. The molecule has 0 saturated carbocycles. The summed E-state index contributed by atoms with van der Waals surface area (Å²) in [4.78, 5) is 13.5. The quantitative estimate of drug-likeness (QED) is 0.870. The van der Waals surface area contributed by atoms with Gasteiger partial charge in [0.25, 0.3) is 0 Å². The molecule has 2 rings (SSSR count). The number of hydrogen-bond donors (Lipinski definition) is 2. The van der Waals surface area contributed by atoms with Gasteiger partial charge < -0.3 is 15.3 Å². The molecule has 1 unspecified atom stereocenters. The summed E-state index contributed by atoms with van der Waals surface area (Å²) in [6, 6.07) is 4.37. The molecule has 0 bridgehead atoms. The van der Waals surface area contributed by atoms with Crippen molar-refractivity contribution in [2.75, 3.05) is 25.0 Å². The smallest absolute Gasteiger partial charge is 0.337 e. The number of benzene rings is 1. The molecule has 0 radical (unpaired) electrons. The van der Waals surface area contributed by atoms with E-state index in [2.05, 4.69) is 24.1 Å².